The first-order chi connectivity index (χ1) is 14.1. The first kappa shape index (κ1) is 22.0. The maximum atomic E-state index is 13.0. The Morgan fingerprint density at radius 3 is 2.57 bits per heavy atom. The Kier molecular flexibility index (Phi) is 6.27. The van der Waals surface area contributed by atoms with Crippen molar-refractivity contribution >= 4 is 56.8 Å². The molecule has 1 aliphatic rings. The second kappa shape index (κ2) is 8.57. The van der Waals surface area contributed by atoms with Gasteiger partial charge in [-0.05, 0) is 77.0 Å². The summed E-state index contributed by atoms with van der Waals surface area (Å²) in [5, 5.41) is 2.05. The molecule has 1 heterocycles. The van der Waals surface area contributed by atoms with Crippen LogP contribution < -0.4 is 15.0 Å². The van der Waals surface area contributed by atoms with Crippen molar-refractivity contribution in [1.82, 2.24) is 5.32 Å². The molecule has 5 nitrogen and oxygen atoms in total. The van der Waals surface area contributed by atoms with Crippen molar-refractivity contribution in [2.24, 2.45) is 0 Å². The van der Waals surface area contributed by atoms with Crippen LogP contribution in [0.4, 0.5) is 18.9 Å². The summed E-state index contributed by atoms with van der Waals surface area (Å²) in [6.45, 7) is 2.29. The zero-order valence-electron chi connectivity index (χ0n) is 15.4. The van der Waals surface area contributed by atoms with Crippen LogP contribution in [0.2, 0.25) is 0 Å². The molecule has 0 saturated carbocycles. The molecule has 30 heavy (non-hydrogen) atoms. The molecular weight excluding hydrogens is 485 g/mol. The molecule has 1 saturated heterocycles. The average molecular weight is 499 g/mol. The summed E-state index contributed by atoms with van der Waals surface area (Å²) in [6.07, 6.45) is -3.26. The van der Waals surface area contributed by atoms with E-state index in [0.29, 0.717) is 22.4 Å². The third-order valence-electron chi connectivity index (χ3n) is 4.10. The topological polar surface area (TPSA) is 58.6 Å². The van der Waals surface area contributed by atoms with Crippen molar-refractivity contribution in [3.05, 3.63) is 63.6 Å². The van der Waals surface area contributed by atoms with Crippen LogP contribution in [0.15, 0.2) is 52.5 Å². The first-order valence-corrected chi connectivity index (χ1v) is 9.83. The highest BCUT2D eigenvalue weighted by atomic mass is 79.9. The Balaban J connectivity index is 1.99. The van der Waals surface area contributed by atoms with Crippen molar-refractivity contribution in [1.29, 1.82) is 0 Å². The smallest absolute Gasteiger partial charge is 0.416 e. The van der Waals surface area contributed by atoms with E-state index in [9.17, 15) is 22.8 Å². The highest BCUT2D eigenvalue weighted by Crippen LogP contribution is 2.33. The van der Waals surface area contributed by atoms with E-state index in [1.54, 1.807) is 18.2 Å². The van der Waals surface area contributed by atoms with Gasteiger partial charge in [0.25, 0.3) is 11.8 Å². The van der Waals surface area contributed by atoms with Crippen LogP contribution in [0.25, 0.3) is 6.08 Å². The second-order valence-electron chi connectivity index (χ2n) is 6.13. The number of carbonyl (C=O) groups excluding carboxylic acids is 2. The number of benzene rings is 2. The van der Waals surface area contributed by atoms with E-state index in [1.807, 2.05) is 6.92 Å². The fourth-order valence-electron chi connectivity index (χ4n) is 2.76. The number of hydrogen-bond donors (Lipinski definition) is 1. The van der Waals surface area contributed by atoms with Gasteiger partial charge in [-0.1, -0.05) is 12.1 Å². The van der Waals surface area contributed by atoms with Crippen LogP contribution in [0.3, 0.4) is 0 Å². The highest BCUT2D eigenvalue weighted by molar-refractivity contribution is 9.10. The largest absolute Gasteiger partial charge is 0.493 e. The molecule has 2 aromatic carbocycles. The molecule has 0 aromatic heterocycles. The number of hydrogen-bond acceptors (Lipinski definition) is 4. The van der Waals surface area contributed by atoms with Crippen molar-refractivity contribution < 1.29 is 27.5 Å². The lowest BCUT2D eigenvalue weighted by Gasteiger charge is -2.29. The predicted molar refractivity (Wildman–Crippen MR) is 113 cm³/mol. The minimum atomic E-state index is -4.59. The molecular formula is C20H14BrF3N2O3S. The molecule has 156 valence electrons. The predicted octanol–water partition coefficient (Wildman–Crippen LogP) is 4.70. The van der Waals surface area contributed by atoms with E-state index in [2.05, 4.69) is 21.2 Å². The van der Waals surface area contributed by atoms with Gasteiger partial charge in [0.2, 0.25) is 0 Å². The van der Waals surface area contributed by atoms with Gasteiger partial charge in [0, 0.05) is 0 Å². The van der Waals surface area contributed by atoms with Crippen LogP contribution in [-0.4, -0.2) is 23.5 Å². The fourth-order valence-corrected chi connectivity index (χ4v) is 3.55. The number of alkyl halides is 3. The molecule has 0 atom stereocenters. The second-order valence-corrected chi connectivity index (χ2v) is 7.37. The van der Waals surface area contributed by atoms with Gasteiger partial charge in [-0.25, -0.2) is 0 Å². The zero-order valence-corrected chi connectivity index (χ0v) is 17.8. The normalized spacial score (nSPS) is 16.1. The SMILES string of the molecule is CCOc1ccc(/C=C2\C(=O)NC(=S)N(c3cccc(C(F)(F)F)c3)C2=O)cc1Br. The summed E-state index contributed by atoms with van der Waals surface area (Å²) in [5.74, 6) is -0.975. The minimum absolute atomic E-state index is 0.0985. The van der Waals surface area contributed by atoms with Gasteiger partial charge in [-0.3, -0.25) is 19.8 Å². The van der Waals surface area contributed by atoms with Crippen LogP contribution in [0, 0.1) is 0 Å². The lowest BCUT2D eigenvalue weighted by molar-refractivity contribution is -0.137. The van der Waals surface area contributed by atoms with Crippen molar-refractivity contribution in [3.63, 3.8) is 0 Å². The van der Waals surface area contributed by atoms with Crippen LogP contribution in [0.5, 0.6) is 5.75 Å². The van der Waals surface area contributed by atoms with Crippen LogP contribution in [-0.2, 0) is 15.8 Å². The Morgan fingerprint density at radius 2 is 1.93 bits per heavy atom. The summed E-state index contributed by atoms with van der Waals surface area (Å²) in [7, 11) is 0. The molecule has 0 aliphatic carbocycles. The van der Waals surface area contributed by atoms with Gasteiger partial charge in [-0.15, -0.1) is 0 Å². The summed E-state index contributed by atoms with van der Waals surface area (Å²) in [5.41, 5.74) is -0.787. The number of anilines is 1. The monoisotopic (exact) mass is 498 g/mol. The zero-order chi connectivity index (χ0) is 22.1. The van der Waals surface area contributed by atoms with E-state index in [1.165, 1.54) is 12.1 Å². The van der Waals surface area contributed by atoms with E-state index in [4.69, 9.17) is 17.0 Å². The number of carbonyl (C=O) groups is 2. The Bertz CT molecular complexity index is 1070. The molecule has 0 radical (unpaired) electrons. The van der Waals surface area contributed by atoms with Gasteiger partial charge >= 0.3 is 6.18 Å². The van der Waals surface area contributed by atoms with Crippen LogP contribution in [0.1, 0.15) is 18.1 Å². The molecule has 1 aliphatic heterocycles. The molecule has 2 amide bonds. The lowest BCUT2D eigenvalue weighted by Crippen LogP contribution is -2.54. The van der Waals surface area contributed by atoms with Gasteiger partial charge in [-0.2, -0.15) is 13.2 Å². The van der Waals surface area contributed by atoms with E-state index in [0.717, 1.165) is 23.1 Å². The van der Waals surface area contributed by atoms with Gasteiger partial charge in [0.1, 0.15) is 11.3 Å². The molecule has 1 fully saturated rings. The number of thiocarbonyl (C=S) groups is 1. The summed E-state index contributed by atoms with van der Waals surface area (Å²) in [6, 6.07) is 9.12. The third-order valence-corrected chi connectivity index (χ3v) is 5.00. The number of ether oxygens (including phenoxy) is 1. The Hall–Kier alpha value is -2.72. The molecule has 3 rings (SSSR count). The van der Waals surface area contributed by atoms with Crippen molar-refractivity contribution in [2.45, 2.75) is 13.1 Å². The third kappa shape index (κ3) is 4.54. The maximum absolute atomic E-state index is 13.0. The standard InChI is InChI=1S/C20H14BrF3N2O3S/c1-2-29-16-7-6-11(9-15(16)21)8-14-17(27)25-19(30)26(18(14)28)13-5-3-4-12(10-13)20(22,23)24/h3-10H,2H2,1H3,(H,25,27,30)/b14-8+. The lowest BCUT2D eigenvalue weighted by atomic mass is 10.1. The van der Waals surface area contributed by atoms with Gasteiger partial charge in [0.15, 0.2) is 5.11 Å². The molecule has 0 unspecified atom stereocenters. The van der Waals surface area contributed by atoms with Crippen molar-refractivity contribution in [3.8, 4) is 5.75 Å². The Morgan fingerprint density at radius 1 is 1.20 bits per heavy atom. The fraction of sp³-hybridized carbons (Fsp3) is 0.150. The highest BCUT2D eigenvalue weighted by Gasteiger charge is 2.36. The Labute approximate surface area is 183 Å². The van der Waals surface area contributed by atoms with Gasteiger partial charge < -0.3 is 4.74 Å². The molecule has 2 aromatic rings. The number of nitrogens with one attached hydrogen (secondary N) is 1. The summed E-state index contributed by atoms with van der Waals surface area (Å²) in [4.78, 5) is 26.2. The molecule has 10 heteroatoms. The number of amides is 2. The molecule has 1 N–H and O–H groups in total. The summed E-state index contributed by atoms with van der Waals surface area (Å²) < 4.78 is 45.2. The minimum Gasteiger partial charge on any atom is -0.493 e. The van der Waals surface area contributed by atoms with Crippen LogP contribution >= 0.6 is 28.1 Å². The average Bonchev–Trinajstić information content (AvgIpc) is 2.67. The van der Waals surface area contributed by atoms with E-state index >= 15 is 0 Å². The van der Waals surface area contributed by atoms with E-state index < -0.39 is 23.6 Å². The first-order valence-electron chi connectivity index (χ1n) is 8.63. The quantitative estimate of drug-likeness (QED) is 0.377. The summed E-state index contributed by atoms with van der Waals surface area (Å²) >= 11 is 8.38. The number of nitrogens with zero attached hydrogens (tertiary/aromatic N) is 1. The maximum Gasteiger partial charge on any atom is 0.416 e. The molecule has 0 bridgehead atoms. The number of halogens is 4. The van der Waals surface area contributed by atoms with Crippen molar-refractivity contribution in [2.75, 3.05) is 11.5 Å². The van der Waals surface area contributed by atoms with Gasteiger partial charge in [0.05, 0.1) is 22.3 Å². The molecule has 0 spiro atoms. The number of rotatable bonds is 4. The van der Waals surface area contributed by atoms with E-state index in [-0.39, 0.29) is 16.4 Å².